The largest absolute Gasteiger partial charge is 0.436 e. The lowest BCUT2D eigenvalue weighted by atomic mass is 10.0. The van der Waals surface area contributed by atoms with Crippen LogP contribution in [0.25, 0.3) is 33.3 Å². The van der Waals surface area contributed by atoms with Gasteiger partial charge >= 0.3 is 0 Å². The number of nitrogens with zero attached hydrogens (tertiary/aromatic N) is 2. The van der Waals surface area contributed by atoms with Crippen LogP contribution in [0.5, 0.6) is 0 Å². The summed E-state index contributed by atoms with van der Waals surface area (Å²) >= 11 is 0. The number of rotatable bonds is 1. The minimum Gasteiger partial charge on any atom is -0.436 e. The summed E-state index contributed by atoms with van der Waals surface area (Å²) in [5.74, 6) is 0.575. The van der Waals surface area contributed by atoms with Gasteiger partial charge in [0.2, 0.25) is 5.89 Å². The number of aromatic nitrogens is 1. The smallest absolute Gasteiger partial charge is 0.227 e. The van der Waals surface area contributed by atoms with Crippen molar-refractivity contribution >= 4 is 21.9 Å². The molecule has 3 heteroatoms. The minimum absolute atomic E-state index is 0.575. The van der Waals surface area contributed by atoms with Crippen molar-refractivity contribution in [2.24, 2.45) is 0 Å². The van der Waals surface area contributed by atoms with Gasteiger partial charge in [0.05, 0.1) is 11.6 Å². The van der Waals surface area contributed by atoms with Gasteiger partial charge in [-0.05, 0) is 12.1 Å². The zero-order chi connectivity index (χ0) is 14.2. The molecule has 4 aromatic rings. The quantitative estimate of drug-likeness (QED) is 0.511. The molecule has 0 aliphatic heterocycles. The van der Waals surface area contributed by atoms with E-state index in [0.717, 1.165) is 21.9 Å². The van der Waals surface area contributed by atoms with E-state index in [2.05, 4.69) is 11.1 Å². The Balaban J connectivity index is 2.09. The fourth-order valence-electron chi connectivity index (χ4n) is 2.55. The van der Waals surface area contributed by atoms with E-state index in [1.807, 2.05) is 54.6 Å². The molecule has 0 bridgehead atoms. The van der Waals surface area contributed by atoms with Gasteiger partial charge in [0, 0.05) is 22.4 Å². The van der Waals surface area contributed by atoms with Gasteiger partial charge in [-0.1, -0.05) is 42.5 Å². The van der Waals surface area contributed by atoms with Crippen LogP contribution < -0.4 is 0 Å². The van der Waals surface area contributed by atoms with Gasteiger partial charge in [-0.15, -0.1) is 0 Å². The fourth-order valence-corrected chi connectivity index (χ4v) is 2.55. The average Bonchev–Trinajstić information content (AvgIpc) is 2.99. The van der Waals surface area contributed by atoms with Crippen molar-refractivity contribution in [3.05, 3.63) is 66.2 Å². The van der Waals surface area contributed by atoms with Crippen molar-refractivity contribution in [3.8, 4) is 17.5 Å². The zero-order valence-corrected chi connectivity index (χ0v) is 11.1. The lowest BCUT2D eigenvalue weighted by Crippen LogP contribution is -1.81. The van der Waals surface area contributed by atoms with Crippen LogP contribution in [0.1, 0.15) is 5.56 Å². The normalized spacial score (nSPS) is 10.8. The molecule has 0 amide bonds. The summed E-state index contributed by atoms with van der Waals surface area (Å²) in [6.07, 6.45) is 0. The molecule has 0 radical (unpaired) electrons. The third-order valence-electron chi connectivity index (χ3n) is 3.54. The highest BCUT2D eigenvalue weighted by Crippen LogP contribution is 2.31. The molecule has 4 rings (SSSR count). The van der Waals surface area contributed by atoms with Crippen LogP contribution in [0.15, 0.2) is 65.1 Å². The Bertz CT molecular complexity index is 994. The molecule has 0 spiro atoms. The lowest BCUT2D eigenvalue weighted by molar-refractivity contribution is 0.620. The monoisotopic (exact) mass is 270 g/mol. The Labute approximate surface area is 121 Å². The average molecular weight is 270 g/mol. The SMILES string of the molecule is N#Cc1cc2oc(-c3ccccc3)nc2c2ccccc12. The number of benzene rings is 3. The first-order valence-corrected chi connectivity index (χ1v) is 6.64. The molecule has 0 N–H and O–H groups in total. The zero-order valence-electron chi connectivity index (χ0n) is 11.1. The molecule has 0 aliphatic carbocycles. The molecule has 0 saturated carbocycles. The molecule has 0 fully saturated rings. The van der Waals surface area contributed by atoms with Crippen molar-refractivity contribution in [1.29, 1.82) is 5.26 Å². The molecule has 3 aromatic carbocycles. The predicted octanol–water partition coefficient (Wildman–Crippen LogP) is 4.52. The predicted molar refractivity (Wildman–Crippen MR) is 81.7 cm³/mol. The molecule has 1 aromatic heterocycles. The molecule has 0 unspecified atom stereocenters. The van der Waals surface area contributed by atoms with Crippen LogP contribution in [0.2, 0.25) is 0 Å². The minimum atomic E-state index is 0.575. The van der Waals surface area contributed by atoms with Crippen LogP contribution in [-0.2, 0) is 0 Å². The highest BCUT2D eigenvalue weighted by Gasteiger charge is 2.13. The summed E-state index contributed by atoms with van der Waals surface area (Å²) in [5, 5.41) is 11.2. The molecule has 98 valence electrons. The van der Waals surface area contributed by atoms with Gasteiger partial charge < -0.3 is 4.42 Å². The van der Waals surface area contributed by atoms with Gasteiger partial charge in [-0.3, -0.25) is 0 Å². The van der Waals surface area contributed by atoms with Gasteiger partial charge in [-0.2, -0.15) is 5.26 Å². The second kappa shape index (κ2) is 4.46. The summed E-state index contributed by atoms with van der Waals surface area (Å²) < 4.78 is 5.84. The van der Waals surface area contributed by atoms with Crippen LogP contribution in [-0.4, -0.2) is 4.98 Å². The van der Waals surface area contributed by atoms with Gasteiger partial charge in [0.1, 0.15) is 5.52 Å². The number of hydrogen-bond donors (Lipinski definition) is 0. The Morgan fingerprint density at radius 3 is 2.38 bits per heavy atom. The number of fused-ring (bicyclic) bond motifs is 3. The van der Waals surface area contributed by atoms with Gasteiger partial charge in [0.15, 0.2) is 5.58 Å². The van der Waals surface area contributed by atoms with Gasteiger partial charge in [-0.25, -0.2) is 4.98 Å². The van der Waals surface area contributed by atoms with E-state index in [1.54, 1.807) is 6.07 Å². The first-order valence-electron chi connectivity index (χ1n) is 6.64. The molecule has 3 nitrogen and oxygen atoms in total. The van der Waals surface area contributed by atoms with Crippen LogP contribution in [0.3, 0.4) is 0 Å². The topological polar surface area (TPSA) is 49.8 Å². The Morgan fingerprint density at radius 1 is 0.905 bits per heavy atom. The third kappa shape index (κ3) is 1.78. The van der Waals surface area contributed by atoms with E-state index in [9.17, 15) is 5.26 Å². The maximum atomic E-state index is 9.31. The van der Waals surface area contributed by atoms with Crippen molar-refractivity contribution < 1.29 is 4.42 Å². The first kappa shape index (κ1) is 11.7. The van der Waals surface area contributed by atoms with Crippen molar-refractivity contribution in [2.45, 2.75) is 0 Å². The summed E-state index contributed by atoms with van der Waals surface area (Å²) in [7, 11) is 0. The molecule has 0 atom stereocenters. The van der Waals surface area contributed by atoms with Crippen LogP contribution in [0.4, 0.5) is 0 Å². The Kier molecular flexibility index (Phi) is 2.48. The van der Waals surface area contributed by atoms with Crippen LogP contribution in [0, 0.1) is 11.3 Å². The summed E-state index contributed by atoms with van der Waals surface area (Å²) in [4.78, 5) is 4.61. The number of oxazole rings is 1. The van der Waals surface area contributed by atoms with E-state index in [1.165, 1.54) is 0 Å². The number of hydrogen-bond acceptors (Lipinski definition) is 3. The van der Waals surface area contributed by atoms with E-state index < -0.39 is 0 Å². The van der Waals surface area contributed by atoms with Gasteiger partial charge in [0.25, 0.3) is 0 Å². The van der Waals surface area contributed by atoms with E-state index in [4.69, 9.17) is 4.42 Å². The summed E-state index contributed by atoms with van der Waals surface area (Å²) in [6.45, 7) is 0. The Hall–Kier alpha value is -3.12. The lowest BCUT2D eigenvalue weighted by Gasteiger charge is -1.99. The van der Waals surface area contributed by atoms with Crippen molar-refractivity contribution in [1.82, 2.24) is 4.98 Å². The molecule has 0 saturated heterocycles. The maximum absolute atomic E-state index is 9.31. The molecule has 21 heavy (non-hydrogen) atoms. The van der Waals surface area contributed by atoms with Crippen molar-refractivity contribution in [3.63, 3.8) is 0 Å². The third-order valence-corrected chi connectivity index (χ3v) is 3.54. The van der Waals surface area contributed by atoms with E-state index >= 15 is 0 Å². The summed E-state index contributed by atoms with van der Waals surface area (Å²) in [5.41, 5.74) is 2.97. The van der Waals surface area contributed by atoms with E-state index in [0.29, 0.717) is 17.0 Å². The molecular weight excluding hydrogens is 260 g/mol. The molecule has 1 heterocycles. The fraction of sp³-hybridized carbons (Fsp3) is 0. The summed E-state index contributed by atoms with van der Waals surface area (Å²) in [6, 6.07) is 21.5. The van der Waals surface area contributed by atoms with Crippen LogP contribution >= 0.6 is 0 Å². The number of nitriles is 1. The highest BCUT2D eigenvalue weighted by atomic mass is 16.3. The molecule has 0 aliphatic rings. The standard InChI is InChI=1S/C18H10N2O/c19-11-13-10-16-17(15-9-5-4-8-14(13)15)20-18(21-16)12-6-2-1-3-7-12/h1-10H. The molecular formula is C18H10N2O. The van der Waals surface area contributed by atoms with Crippen molar-refractivity contribution in [2.75, 3.05) is 0 Å². The highest BCUT2D eigenvalue weighted by molar-refractivity contribution is 6.06. The maximum Gasteiger partial charge on any atom is 0.227 e. The second-order valence-electron chi connectivity index (χ2n) is 4.81. The second-order valence-corrected chi connectivity index (χ2v) is 4.81. The van der Waals surface area contributed by atoms with E-state index in [-0.39, 0.29) is 0 Å². The first-order chi connectivity index (χ1) is 10.4. The Morgan fingerprint density at radius 2 is 1.62 bits per heavy atom.